The molecular weight excluding hydrogens is 528 g/mol. The predicted octanol–water partition coefficient (Wildman–Crippen LogP) is 6.73. The summed E-state index contributed by atoms with van der Waals surface area (Å²) in [5.41, 5.74) is 1.08. The Hall–Kier alpha value is -1.35. The third-order valence-electron chi connectivity index (χ3n) is 6.11. The van der Waals surface area contributed by atoms with Crippen molar-refractivity contribution in [2.75, 3.05) is 24.3 Å². The van der Waals surface area contributed by atoms with Gasteiger partial charge >= 0.3 is 0 Å². The summed E-state index contributed by atoms with van der Waals surface area (Å²) in [5, 5.41) is 0. The highest BCUT2D eigenvalue weighted by molar-refractivity contribution is 14.1. The van der Waals surface area contributed by atoms with E-state index in [9.17, 15) is 12.8 Å². The number of sulfone groups is 1. The van der Waals surface area contributed by atoms with Gasteiger partial charge in [-0.15, -0.1) is 0 Å². The highest BCUT2D eigenvalue weighted by Gasteiger charge is 2.42. The first kappa shape index (κ1) is 24.3. The fraction of sp³-hybridized carbons (Fsp3) is 0.500. The number of fused-ring (bicyclic) bond motifs is 1. The van der Waals surface area contributed by atoms with Gasteiger partial charge in [0.05, 0.1) is 27.0 Å². The zero-order valence-corrected chi connectivity index (χ0v) is 21.4. The Morgan fingerprint density at radius 1 is 1.10 bits per heavy atom. The maximum Gasteiger partial charge on any atom is 0.181 e. The lowest BCUT2D eigenvalue weighted by atomic mass is 9.79. The van der Waals surface area contributed by atoms with Gasteiger partial charge in [0.15, 0.2) is 9.84 Å². The molecule has 0 atom stereocenters. The molecule has 2 aromatic rings. The van der Waals surface area contributed by atoms with Crippen LogP contribution in [0, 0.1) is 14.8 Å². The van der Waals surface area contributed by atoms with E-state index in [1.54, 1.807) is 25.3 Å². The number of ether oxygens (including phenoxy) is 1. The van der Waals surface area contributed by atoms with Crippen molar-refractivity contribution < 1.29 is 17.5 Å². The Morgan fingerprint density at radius 3 is 2.26 bits per heavy atom. The smallest absolute Gasteiger partial charge is 0.181 e. The topological polar surface area (TPSA) is 46.6 Å². The van der Waals surface area contributed by atoms with Crippen LogP contribution in [0.1, 0.15) is 52.4 Å². The number of hydrogen-bond acceptors (Lipinski definition) is 4. The lowest BCUT2D eigenvalue weighted by molar-refractivity contribution is 0.270. The minimum atomic E-state index is -3.54. The van der Waals surface area contributed by atoms with Crippen molar-refractivity contribution in [3.63, 3.8) is 0 Å². The summed E-state index contributed by atoms with van der Waals surface area (Å²) in [6.45, 7) is 4.87. The highest BCUT2D eigenvalue weighted by atomic mass is 127. The van der Waals surface area contributed by atoms with Gasteiger partial charge in [0.25, 0.3) is 0 Å². The van der Waals surface area contributed by atoms with Crippen molar-refractivity contribution in [3.8, 4) is 5.75 Å². The van der Waals surface area contributed by atoms with Gasteiger partial charge in [0.1, 0.15) is 11.6 Å². The molecular formula is C24H31FINO3S. The first-order valence-corrected chi connectivity index (χ1v) is 13.6. The van der Waals surface area contributed by atoms with E-state index in [2.05, 4.69) is 41.3 Å². The van der Waals surface area contributed by atoms with Crippen LogP contribution in [0.4, 0.5) is 15.8 Å². The van der Waals surface area contributed by atoms with Crippen LogP contribution in [0.5, 0.6) is 5.75 Å². The molecule has 0 aromatic heterocycles. The quantitative estimate of drug-likeness (QED) is 0.337. The number of methoxy groups -OCH3 is 1. The van der Waals surface area contributed by atoms with E-state index in [4.69, 9.17) is 4.74 Å². The second-order valence-electron chi connectivity index (χ2n) is 8.48. The summed E-state index contributed by atoms with van der Waals surface area (Å²) in [7, 11) is -1.99. The van der Waals surface area contributed by atoms with Crippen molar-refractivity contribution in [2.24, 2.45) is 5.41 Å². The van der Waals surface area contributed by atoms with Crippen LogP contribution in [0.25, 0.3) is 0 Å². The molecule has 0 N–H and O–H groups in total. The van der Waals surface area contributed by atoms with Gasteiger partial charge in [-0.05, 0) is 65.8 Å². The molecule has 2 aromatic carbocycles. The molecule has 31 heavy (non-hydrogen) atoms. The van der Waals surface area contributed by atoms with Gasteiger partial charge in [0.2, 0.25) is 0 Å². The molecule has 4 nitrogen and oxygen atoms in total. The molecule has 0 spiro atoms. The number of unbranched alkanes of at least 4 members (excludes halogenated alkanes) is 2. The van der Waals surface area contributed by atoms with Crippen LogP contribution in [-0.4, -0.2) is 27.8 Å². The van der Waals surface area contributed by atoms with E-state index in [-0.39, 0.29) is 17.0 Å². The molecule has 0 fully saturated rings. The molecule has 0 saturated heterocycles. The van der Waals surface area contributed by atoms with Crippen molar-refractivity contribution >= 4 is 43.8 Å². The molecule has 1 heterocycles. The monoisotopic (exact) mass is 559 g/mol. The fourth-order valence-corrected chi connectivity index (χ4v) is 7.26. The van der Waals surface area contributed by atoms with E-state index >= 15 is 0 Å². The number of benzene rings is 2. The number of halogens is 2. The van der Waals surface area contributed by atoms with Crippen molar-refractivity contribution in [1.29, 1.82) is 0 Å². The van der Waals surface area contributed by atoms with Crippen LogP contribution in [0.15, 0.2) is 41.3 Å². The third kappa shape index (κ3) is 5.35. The first-order valence-electron chi connectivity index (χ1n) is 10.9. The van der Waals surface area contributed by atoms with Crippen LogP contribution in [0.2, 0.25) is 0 Å². The van der Waals surface area contributed by atoms with Gasteiger partial charge in [-0.3, -0.25) is 0 Å². The lowest BCUT2D eigenvalue weighted by Crippen LogP contribution is -2.38. The van der Waals surface area contributed by atoms with Crippen molar-refractivity contribution in [2.45, 2.75) is 57.3 Å². The maximum atomic E-state index is 13.7. The predicted molar refractivity (Wildman–Crippen MR) is 133 cm³/mol. The zero-order valence-electron chi connectivity index (χ0n) is 18.5. The normalized spacial score (nSPS) is 17.1. The second kappa shape index (κ2) is 10.1. The molecule has 0 radical (unpaired) electrons. The summed E-state index contributed by atoms with van der Waals surface area (Å²) < 4.78 is 47.4. The largest absolute Gasteiger partial charge is 0.496 e. The number of rotatable bonds is 8. The summed E-state index contributed by atoms with van der Waals surface area (Å²) in [6, 6.07) is 9.87. The van der Waals surface area contributed by atoms with E-state index in [1.807, 2.05) is 6.07 Å². The Labute approximate surface area is 199 Å². The average Bonchev–Trinajstić information content (AvgIpc) is 2.83. The molecule has 0 amide bonds. The molecule has 170 valence electrons. The minimum absolute atomic E-state index is 0.119. The van der Waals surface area contributed by atoms with Crippen LogP contribution in [-0.2, 0) is 9.84 Å². The molecule has 3 rings (SSSR count). The van der Waals surface area contributed by atoms with Crippen LogP contribution < -0.4 is 9.64 Å². The molecule has 0 unspecified atom stereocenters. The molecule has 0 aliphatic carbocycles. The van der Waals surface area contributed by atoms with E-state index in [0.29, 0.717) is 22.9 Å². The summed E-state index contributed by atoms with van der Waals surface area (Å²) >= 11 is 2.17. The van der Waals surface area contributed by atoms with Crippen LogP contribution in [0.3, 0.4) is 0 Å². The van der Waals surface area contributed by atoms with Gasteiger partial charge < -0.3 is 9.64 Å². The summed E-state index contributed by atoms with van der Waals surface area (Å²) in [5.74, 6) is 0.365. The standard InChI is InChI=1S/C24H31FINO3S/c1-4-6-12-24(13-7-5-2)16-27(19-10-8-18(25)9-11-19)21-14-20(26)22(30-3)15-23(21)31(28,29)17-24/h8-11,14-15H,4-7,12-13,16-17H2,1-3H3. The van der Waals surface area contributed by atoms with E-state index in [1.165, 1.54) is 12.1 Å². The van der Waals surface area contributed by atoms with Crippen molar-refractivity contribution in [3.05, 3.63) is 45.8 Å². The van der Waals surface area contributed by atoms with Gasteiger partial charge in [0, 0.05) is 23.7 Å². The number of nitrogens with zero attached hydrogens (tertiary/aromatic N) is 1. The molecule has 0 saturated carbocycles. The Morgan fingerprint density at radius 2 is 1.71 bits per heavy atom. The van der Waals surface area contributed by atoms with E-state index < -0.39 is 9.84 Å². The third-order valence-corrected chi connectivity index (χ3v) is 8.94. The van der Waals surface area contributed by atoms with Gasteiger partial charge in [-0.25, -0.2) is 12.8 Å². The molecule has 7 heteroatoms. The van der Waals surface area contributed by atoms with Gasteiger partial charge in [-0.2, -0.15) is 0 Å². The minimum Gasteiger partial charge on any atom is -0.496 e. The van der Waals surface area contributed by atoms with E-state index in [0.717, 1.165) is 47.8 Å². The second-order valence-corrected chi connectivity index (χ2v) is 11.6. The first-order chi connectivity index (χ1) is 14.7. The lowest BCUT2D eigenvalue weighted by Gasteiger charge is -2.37. The SMILES string of the molecule is CCCCC1(CCCC)CN(c2ccc(F)cc2)c2cc(I)c(OC)cc2S(=O)(=O)C1. The average molecular weight is 559 g/mol. The maximum absolute atomic E-state index is 13.7. The van der Waals surface area contributed by atoms with Crippen LogP contribution >= 0.6 is 22.6 Å². The summed E-state index contributed by atoms with van der Waals surface area (Å²) in [4.78, 5) is 2.37. The molecule has 0 bridgehead atoms. The Balaban J connectivity index is 2.24. The summed E-state index contributed by atoms with van der Waals surface area (Å²) in [6.07, 6.45) is 5.69. The zero-order chi connectivity index (χ0) is 22.6. The molecule has 1 aliphatic heterocycles. The van der Waals surface area contributed by atoms with Gasteiger partial charge in [-0.1, -0.05) is 39.5 Å². The number of hydrogen-bond donors (Lipinski definition) is 0. The van der Waals surface area contributed by atoms with Crippen molar-refractivity contribution in [1.82, 2.24) is 0 Å². The Bertz CT molecular complexity index is 1000. The Kier molecular flexibility index (Phi) is 7.89. The number of anilines is 2. The molecule has 1 aliphatic rings. The fourth-order valence-electron chi connectivity index (χ4n) is 4.47. The highest BCUT2D eigenvalue weighted by Crippen LogP contribution is 2.46.